The summed E-state index contributed by atoms with van der Waals surface area (Å²) < 4.78 is 11.3. The number of rotatable bonds is 9. The summed E-state index contributed by atoms with van der Waals surface area (Å²) in [6.45, 7) is 0.352. The van der Waals surface area contributed by atoms with Gasteiger partial charge in [0, 0.05) is 5.56 Å². The van der Waals surface area contributed by atoms with E-state index < -0.39 is 0 Å². The Hall–Kier alpha value is -2.75. The molecule has 0 unspecified atom stereocenters. The predicted molar refractivity (Wildman–Crippen MR) is 117 cm³/mol. The van der Waals surface area contributed by atoms with E-state index in [1.54, 1.807) is 18.2 Å². The van der Waals surface area contributed by atoms with E-state index in [1.165, 1.54) is 0 Å². The van der Waals surface area contributed by atoms with Gasteiger partial charge in [0.1, 0.15) is 22.6 Å². The number of ether oxygens (including phenoxy) is 2. The maximum absolute atomic E-state index is 12.1. The first-order chi connectivity index (χ1) is 14.1. The van der Waals surface area contributed by atoms with Crippen LogP contribution in [-0.4, -0.2) is 19.0 Å². The summed E-state index contributed by atoms with van der Waals surface area (Å²) in [5.74, 6) is 1.39. The van der Waals surface area contributed by atoms with E-state index in [1.807, 2.05) is 66.7 Å². The van der Waals surface area contributed by atoms with Crippen LogP contribution in [0.5, 0.6) is 11.5 Å². The van der Waals surface area contributed by atoms with Gasteiger partial charge in [0.25, 0.3) is 0 Å². The average molecular weight is 427 g/mol. The van der Waals surface area contributed by atoms with Gasteiger partial charge in [0.2, 0.25) is 0 Å². The van der Waals surface area contributed by atoms with Gasteiger partial charge in [-0.25, -0.2) is 0 Å². The fourth-order valence-electron chi connectivity index (χ4n) is 2.70. The minimum Gasteiger partial charge on any atom is -0.489 e. The van der Waals surface area contributed by atoms with Crippen molar-refractivity contribution in [1.82, 2.24) is 0 Å². The molecule has 0 aromatic heterocycles. The van der Waals surface area contributed by atoms with E-state index in [-0.39, 0.29) is 16.9 Å². The smallest absolute Gasteiger partial charge is 0.200 e. The topological polar surface area (TPSA) is 35.5 Å². The zero-order valence-corrected chi connectivity index (χ0v) is 17.2. The minimum absolute atomic E-state index is 0.0228. The Kier molecular flexibility index (Phi) is 7.74. The van der Waals surface area contributed by atoms with E-state index in [0.717, 1.165) is 23.3 Å². The quantitative estimate of drug-likeness (QED) is 0.380. The normalized spacial score (nSPS) is 10.3. The molecular formula is C24H20Cl2O3. The molecule has 0 saturated carbocycles. The summed E-state index contributed by atoms with van der Waals surface area (Å²) in [4.78, 5) is 12.1. The number of carbonyl (C=O) groups is 1. The van der Waals surface area contributed by atoms with Crippen LogP contribution in [0.4, 0.5) is 0 Å². The lowest BCUT2D eigenvalue weighted by atomic mass is 10.0. The molecule has 0 atom stereocenters. The van der Waals surface area contributed by atoms with Crippen molar-refractivity contribution in [2.45, 2.75) is 6.42 Å². The van der Waals surface area contributed by atoms with Crippen LogP contribution >= 0.6 is 23.2 Å². The van der Waals surface area contributed by atoms with Gasteiger partial charge in [-0.15, -0.1) is 0 Å². The van der Waals surface area contributed by atoms with Gasteiger partial charge in [-0.3, -0.25) is 4.79 Å². The summed E-state index contributed by atoms with van der Waals surface area (Å²) >= 11 is 11.1. The molecule has 148 valence electrons. The van der Waals surface area contributed by atoms with Gasteiger partial charge in [0.05, 0.1) is 0 Å². The molecule has 3 aromatic rings. The Labute approximate surface area is 180 Å². The van der Waals surface area contributed by atoms with Crippen LogP contribution in [0, 0.1) is 0 Å². The average Bonchev–Trinajstić information content (AvgIpc) is 2.74. The molecule has 3 nitrogen and oxygen atoms in total. The van der Waals surface area contributed by atoms with Gasteiger partial charge in [0.15, 0.2) is 12.4 Å². The first-order valence-electron chi connectivity index (χ1n) is 9.13. The third-order valence-corrected chi connectivity index (χ3v) is 4.52. The number of Topliss-reactive ketones (excluding diaryl/α,β-unsaturated/α-hetero) is 1. The molecule has 3 rings (SSSR count). The van der Waals surface area contributed by atoms with Crippen LogP contribution < -0.4 is 9.47 Å². The second-order valence-electron chi connectivity index (χ2n) is 6.35. The maximum Gasteiger partial charge on any atom is 0.200 e. The van der Waals surface area contributed by atoms with E-state index in [9.17, 15) is 4.79 Å². The Morgan fingerprint density at radius 2 is 1.31 bits per heavy atom. The zero-order valence-electron chi connectivity index (χ0n) is 15.7. The molecule has 0 N–H and O–H groups in total. The van der Waals surface area contributed by atoms with Crippen LogP contribution in [0.25, 0.3) is 0 Å². The number of hydrogen-bond acceptors (Lipinski definition) is 3. The molecule has 0 aliphatic carbocycles. The second kappa shape index (κ2) is 10.7. The van der Waals surface area contributed by atoms with Crippen molar-refractivity contribution < 1.29 is 14.3 Å². The van der Waals surface area contributed by atoms with Gasteiger partial charge >= 0.3 is 0 Å². The highest BCUT2D eigenvalue weighted by molar-refractivity contribution is 6.55. The highest BCUT2D eigenvalue weighted by atomic mass is 35.5. The summed E-state index contributed by atoms with van der Waals surface area (Å²) in [7, 11) is 0. The Morgan fingerprint density at radius 3 is 1.86 bits per heavy atom. The summed E-state index contributed by atoms with van der Waals surface area (Å²) in [5, 5.41) is 0. The van der Waals surface area contributed by atoms with E-state index in [4.69, 9.17) is 32.7 Å². The molecule has 0 aliphatic rings. The highest BCUT2D eigenvalue weighted by Gasteiger charge is 2.06. The predicted octanol–water partition coefficient (Wildman–Crippen LogP) is 6.24. The van der Waals surface area contributed by atoms with Gasteiger partial charge in [-0.05, 0) is 47.9 Å². The number of carbonyl (C=O) groups excluding carboxylic acids is 1. The fraction of sp³-hybridized carbons (Fsp3) is 0.125. The van der Waals surface area contributed by atoms with Crippen LogP contribution in [0.3, 0.4) is 0 Å². The SMILES string of the molecule is O=C(COc1ccc(Cc2ccc(OCC=C(Cl)Cl)cc2)cc1)c1ccccc1. The maximum atomic E-state index is 12.1. The number of ketones is 1. The van der Waals surface area contributed by atoms with E-state index >= 15 is 0 Å². The second-order valence-corrected chi connectivity index (χ2v) is 7.36. The standard InChI is InChI=1S/C24H20Cl2O3/c25-24(26)14-15-28-21-10-6-18(7-11-21)16-19-8-12-22(13-9-19)29-17-23(27)20-4-2-1-3-5-20/h1-14H,15-17H2. The molecule has 0 amide bonds. The lowest BCUT2D eigenvalue weighted by molar-refractivity contribution is 0.0921. The van der Waals surface area contributed by atoms with Crippen LogP contribution in [-0.2, 0) is 6.42 Å². The summed E-state index contributed by atoms with van der Waals surface area (Å²) in [6.07, 6.45) is 2.38. The first kappa shape index (κ1) is 21.0. The van der Waals surface area contributed by atoms with Crippen molar-refractivity contribution in [3.8, 4) is 11.5 Å². The van der Waals surface area contributed by atoms with Crippen molar-refractivity contribution >= 4 is 29.0 Å². The first-order valence-corrected chi connectivity index (χ1v) is 9.88. The van der Waals surface area contributed by atoms with Crippen molar-refractivity contribution in [2.24, 2.45) is 0 Å². The minimum atomic E-state index is -0.0409. The van der Waals surface area contributed by atoms with Gasteiger partial charge < -0.3 is 9.47 Å². The molecule has 0 heterocycles. The van der Waals surface area contributed by atoms with Crippen molar-refractivity contribution in [3.05, 3.63) is 106 Å². The van der Waals surface area contributed by atoms with Crippen molar-refractivity contribution in [1.29, 1.82) is 0 Å². The lowest BCUT2D eigenvalue weighted by Gasteiger charge is -2.08. The Morgan fingerprint density at radius 1 is 0.759 bits per heavy atom. The molecule has 0 fully saturated rings. The van der Waals surface area contributed by atoms with Crippen LogP contribution in [0.1, 0.15) is 21.5 Å². The molecule has 0 radical (unpaired) electrons. The molecule has 0 spiro atoms. The van der Waals surface area contributed by atoms with Gasteiger partial charge in [-0.1, -0.05) is 77.8 Å². The van der Waals surface area contributed by atoms with Gasteiger partial charge in [-0.2, -0.15) is 0 Å². The molecule has 0 saturated heterocycles. The zero-order chi connectivity index (χ0) is 20.5. The monoisotopic (exact) mass is 426 g/mol. The third kappa shape index (κ3) is 6.97. The molecule has 29 heavy (non-hydrogen) atoms. The van der Waals surface area contributed by atoms with Crippen molar-refractivity contribution in [3.63, 3.8) is 0 Å². The molecule has 0 bridgehead atoms. The summed E-state index contributed by atoms with van der Waals surface area (Å²) in [5.41, 5.74) is 2.96. The van der Waals surface area contributed by atoms with Crippen LogP contribution in [0.15, 0.2) is 89.4 Å². The van der Waals surface area contributed by atoms with Crippen LogP contribution in [0.2, 0.25) is 0 Å². The largest absolute Gasteiger partial charge is 0.489 e. The van der Waals surface area contributed by atoms with Crippen molar-refractivity contribution in [2.75, 3.05) is 13.2 Å². The molecule has 0 aliphatic heterocycles. The molecule has 5 heteroatoms. The van der Waals surface area contributed by atoms with E-state index in [0.29, 0.717) is 17.9 Å². The Balaban J connectivity index is 1.50. The molecule has 3 aromatic carbocycles. The number of benzene rings is 3. The molecular weight excluding hydrogens is 407 g/mol. The lowest BCUT2D eigenvalue weighted by Crippen LogP contribution is -2.11. The highest BCUT2D eigenvalue weighted by Crippen LogP contribution is 2.18. The Bertz CT molecular complexity index is 946. The van der Waals surface area contributed by atoms with E-state index in [2.05, 4.69) is 0 Å². The summed E-state index contributed by atoms with van der Waals surface area (Å²) in [6, 6.07) is 24.8. The third-order valence-electron chi connectivity index (χ3n) is 4.21. The number of hydrogen-bond donors (Lipinski definition) is 0. The fourth-order valence-corrected chi connectivity index (χ4v) is 2.83. The number of halogens is 2.